The summed E-state index contributed by atoms with van der Waals surface area (Å²) in [5.41, 5.74) is 2.98. The highest BCUT2D eigenvalue weighted by Gasteiger charge is 2.19. The van der Waals surface area contributed by atoms with E-state index in [1.807, 2.05) is 55.5 Å². The normalized spacial score (nSPS) is 14.8. The van der Waals surface area contributed by atoms with Gasteiger partial charge in [0, 0.05) is 24.5 Å². The molecule has 1 atom stereocenters. The largest absolute Gasteiger partial charge is 0.484 e. The van der Waals surface area contributed by atoms with Crippen LogP contribution in [0, 0.1) is 6.92 Å². The van der Waals surface area contributed by atoms with Crippen LogP contribution in [0.25, 0.3) is 0 Å². The molecule has 2 aromatic carbocycles. The molecule has 0 unspecified atom stereocenters. The first-order valence-electron chi connectivity index (χ1n) is 10.5. The van der Waals surface area contributed by atoms with Gasteiger partial charge in [0.1, 0.15) is 5.75 Å². The van der Waals surface area contributed by atoms with Crippen molar-refractivity contribution in [2.75, 3.05) is 36.5 Å². The number of anilines is 2. The Hall–Kier alpha value is -3.04. The van der Waals surface area contributed by atoms with Gasteiger partial charge in [-0.15, -0.1) is 10.2 Å². The number of morpholine rings is 1. The maximum Gasteiger partial charge on any atom is 0.277 e. The first-order valence-corrected chi connectivity index (χ1v) is 11.4. The lowest BCUT2D eigenvalue weighted by Crippen LogP contribution is -2.36. The lowest BCUT2D eigenvalue weighted by atomic mass is 10.2. The van der Waals surface area contributed by atoms with Crippen LogP contribution in [0.15, 0.2) is 58.2 Å². The summed E-state index contributed by atoms with van der Waals surface area (Å²) in [6.07, 6.45) is 0. The van der Waals surface area contributed by atoms with Crippen molar-refractivity contribution in [1.82, 2.24) is 10.2 Å². The zero-order chi connectivity index (χ0) is 22.3. The van der Waals surface area contributed by atoms with Gasteiger partial charge in [-0.2, -0.15) is 0 Å². The molecule has 4 rings (SSSR count). The Morgan fingerprint density at radius 3 is 2.72 bits per heavy atom. The molecule has 1 N–H and O–H groups in total. The molecule has 32 heavy (non-hydrogen) atoms. The number of hydrogen-bond acceptors (Lipinski definition) is 8. The van der Waals surface area contributed by atoms with Crippen LogP contribution < -0.4 is 15.0 Å². The quantitative estimate of drug-likeness (QED) is 0.513. The molecule has 3 aromatic rings. The highest BCUT2D eigenvalue weighted by atomic mass is 32.2. The molecular formula is C23H26N4O4S. The number of rotatable bonds is 8. The number of carbonyl (C=O) groups is 1. The predicted octanol–water partition coefficient (Wildman–Crippen LogP) is 3.91. The minimum Gasteiger partial charge on any atom is -0.484 e. The molecule has 0 aliphatic carbocycles. The molecule has 1 aliphatic rings. The molecule has 0 bridgehead atoms. The molecule has 1 saturated heterocycles. The van der Waals surface area contributed by atoms with Crippen LogP contribution in [0.2, 0.25) is 0 Å². The van der Waals surface area contributed by atoms with E-state index in [1.54, 1.807) is 6.92 Å². The van der Waals surface area contributed by atoms with Gasteiger partial charge in [-0.3, -0.25) is 4.79 Å². The van der Waals surface area contributed by atoms with E-state index in [9.17, 15) is 4.79 Å². The standard InChI is InChI=1S/C23H26N4O4S/c1-16-4-3-5-20(14-16)30-15-21-25-26-23(31-21)32-17(2)22(28)24-18-6-8-19(9-7-18)27-10-12-29-13-11-27/h3-9,14,17H,10-13,15H2,1-2H3,(H,24,28)/t17-/m0/s1. The minimum atomic E-state index is -0.403. The summed E-state index contributed by atoms with van der Waals surface area (Å²) in [6, 6.07) is 15.6. The highest BCUT2D eigenvalue weighted by molar-refractivity contribution is 8.00. The smallest absolute Gasteiger partial charge is 0.277 e. The number of thioether (sulfide) groups is 1. The van der Waals surface area contributed by atoms with E-state index in [2.05, 4.69) is 20.4 Å². The lowest BCUT2D eigenvalue weighted by Gasteiger charge is -2.28. The summed E-state index contributed by atoms with van der Waals surface area (Å²) in [6.45, 7) is 7.20. The Kier molecular flexibility index (Phi) is 7.28. The average molecular weight is 455 g/mol. The summed E-state index contributed by atoms with van der Waals surface area (Å²) in [5.74, 6) is 0.968. The predicted molar refractivity (Wildman–Crippen MR) is 123 cm³/mol. The average Bonchev–Trinajstić information content (AvgIpc) is 3.26. The van der Waals surface area contributed by atoms with Crippen LogP contribution in [0.5, 0.6) is 5.75 Å². The van der Waals surface area contributed by atoms with Crippen LogP contribution in [-0.2, 0) is 16.1 Å². The van der Waals surface area contributed by atoms with Crippen molar-refractivity contribution in [2.45, 2.75) is 30.9 Å². The van der Waals surface area contributed by atoms with Gasteiger partial charge in [0.15, 0.2) is 6.61 Å². The van der Waals surface area contributed by atoms with Gasteiger partial charge in [-0.05, 0) is 55.8 Å². The summed E-state index contributed by atoms with van der Waals surface area (Å²) >= 11 is 1.21. The van der Waals surface area contributed by atoms with Crippen LogP contribution in [0.4, 0.5) is 11.4 Å². The van der Waals surface area contributed by atoms with Crippen LogP contribution in [0.1, 0.15) is 18.4 Å². The number of nitrogens with zero attached hydrogens (tertiary/aromatic N) is 3. The fraction of sp³-hybridized carbons (Fsp3) is 0.348. The van der Waals surface area contributed by atoms with E-state index >= 15 is 0 Å². The molecule has 1 amide bonds. The third kappa shape index (κ3) is 6.02. The Labute approximate surface area is 191 Å². The summed E-state index contributed by atoms with van der Waals surface area (Å²) in [4.78, 5) is 14.8. The van der Waals surface area contributed by atoms with E-state index < -0.39 is 5.25 Å². The fourth-order valence-corrected chi connectivity index (χ4v) is 3.92. The van der Waals surface area contributed by atoms with E-state index in [4.69, 9.17) is 13.9 Å². The van der Waals surface area contributed by atoms with Gasteiger partial charge in [0.2, 0.25) is 5.91 Å². The number of aryl methyl sites for hydroxylation is 1. The first-order chi connectivity index (χ1) is 15.6. The van der Waals surface area contributed by atoms with Gasteiger partial charge in [0.25, 0.3) is 11.1 Å². The molecule has 0 spiro atoms. The monoisotopic (exact) mass is 454 g/mol. The zero-order valence-electron chi connectivity index (χ0n) is 18.1. The summed E-state index contributed by atoms with van der Waals surface area (Å²) in [5, 5.41) is 10.9. The Morgan fingerprint density at radius 1 is 1.19 bits per heavy atom. The maximum absolute atomic E-state index is 12.6. The molecule has 9 heteroatoms. The molecule has 1 aromatic heterocycles. The highest BCUT2D eigenvalue weighted by Crippen LogP contribution is 2.24. The lowest BCUT2D eigenvalue weighted by molar-refractivity contribution is -0.115. The van der Waals surface area contributed by atoms with Crippen molar-refractivity contribution in [3.8, 4) is 5.75 Å². The third-order valence-corrected chi connectivity index (χ3v) is 5.89. The van der Waals surface area contributed by atoms with Gasteiger partial charge in [-0.25, -0.2) is 0 Å². The third-order valence-electron chi connectivity index (χ3n) is 4.96. The fourth-order valence-electron chi connectivity index (χ4n) is 3.22. The van der Waals surface area contributed by atoms with Crippen molar-refractivity contribution < 1.29 is 18.7 Å². The maximum atomic E-state index is 12.6. The van der Waals surface area contributed by atoms with E-state index in [-0.39, 0.29) is 12.5 Å². The molecule has 0 saturated carbocycles. The molecule has 8 nitrogen and oxygen atoms in total. The van der Waals surface area contributed by atoms with E-state index in [1.165, 1.54) is 11.8 Å². The van der Waals surface area contributed by atoms with Gasteiger partial charge in [-0.1, -0.05) is 23.9 Å². The molecule has 2 heterocycles. The first kappa shape index (κ1) is 22.2. The van der Waals surface area contributed by atoms with Crippen LogP contribution >= 0.6 is 11.8 Å². The van der Waals surface area contributed by atoms with Crippen molar-refractivity contribution in [2.24, 2.45) is 0 Å². The second-order valence-corrected chi connectivity index (χ2v) is 8.75. The molecule has 1 aliphatic heterocycles. The number of aromatic nitrogens is 2. The number of nitrogens with one attached hydrogen (secondary N) is 1. The number of hydrogen-bond donors (Lipinski definition) is 1. The molecular weight excluding hydrogens is 428 g/mol. The zero-order valence-corrected chi connectivity index (χ0v) is 18.9. The van der Waals surface area contributed by atoms with Crippen LogP contribution in [0.3, 0.4) is 0 Å². The number of benzene rings is 2. The second kappa shape index (κ2) is 10.5. The van der Waals surface area contributed by atoms with Crippen molar-refractivity contribution in [3.63, 3.8) is 0 Å². The number of ether oxygens (including phenoxy) is 2. The van der Waals surface area contributed by atoms with Crippen LogP contribution in [-0.4, -0.2) is 47.7 Å². The molecule has 168 valence electrons. The van der Waals surface area contributed by atoms with E-state index in [0.717, 1.165) is 49.0 Å². The van der Waals surface area contributed by atoms with Crippen molar-refractivity contribution in [3.05, 3.63) is 60.0 Å². The Morgan fingerprint density at radius 2 is 1.97 bits per heavy atom. The van der Waals surface area contributed by atoms with Gasteiger partial charge in [0.05, 0.1) is 18.5 Å². The molecule has 0 radical (unpaired) electrons. The Balaban J connectivity index is 1.26. The second-order valence-electron chi connectivity index (χ2n) is 7.46. The van der Waals surface area contributed by atoms with Gasteiger partial charge < -0.3 is 24.1 Å². The number of amides is 1. The SMILES string of the molecule is Cc1cccc(OCc2nnc(S[C@@H](C)C(=O)Nc3ccc(N4CCOCC4)cc3)o2)c1. The van der Waals surface area contributed by atoms with Crippen molar-refractivity contribution >= 4 is 29.0 Å². The number of carbonyl (C=O) groups excluding carboxylic acids is 1. The topological polar surface area (TPSA) is 89.7 Å². The Bertz CT molecular complexity index is 1030. The van der Waals surface area contributed by atoms with Crippen molar-refractivity contribution in [1.29, 1.82) is 0 Å². The molecule has 1 fully saturated rings. The minimum absolute atomic E-state index is 0.134. The summed E-state index contributed by atoms with van der Waals surface area (Å²) in [7, 11) is 0. The van der Waals surface area contributed by atoms with Gasteiger partial charge >= 0.3 is 0 Å². The van der Waals surface area contributed by atoms with E-state index in [0.29, 0.717) is 11.1 Å². The summed E-state index contributed by atoms with van der Waals surface area (Å²) < 4.78 is 16.7.